The molecule has 0 heterocycles. The van der Waals surface area contributed by atoms with Crippen molar-refractivity contribution in [1.29, 1.82) is 0 Å². The number of rotatable bonds is 13. The molecule has 0 N–H and O–H groups in total. The molecule has 0 saturated carbocycles. The van der Waals surface area contributed by atoms with Crippen LogP contribution in [-0.4, -0.2) is 44.2 Å². The zero-order valence-corrected chi connectivity index (χ0v) is 18.5. The molecule has 0 aromatic heterocycles. The van der Waals surface area contributed by atoms with E-state index in [1.54, 1.807) is 30.3 Å². The summed E-state index contributed by atoms with van der Waals surface area (Å²) in [7, 11) is -3.57. The molecule has 0 aliphatic carbocycles. The summed E-state index contributed by atoms with van der Waals surface area (Å²) in [5, 5.41) is 16.7. The molecular weight excluding hydrogens is 381 g/mol. The van der Waals surface area contributed by atoms with Crippen molar-refractivity contribution in [2.75, 3.05) is 6.61 Å². The van der Waals surface area contributed by atoms with Crippen molar-refractivity contribution in [2.45, 2.75) is 76.0 Å². The van der Waals surface area contributed by atoms with Crippen LogP contribution in [0, 0.1) is 0 Å². The Balaban J connectivity index is 0. The Bertz CT molecular complexity index is 559. The summed E-state index contributed by atoms with van der Waals surface area (Å²) in [6.45, 7) is 2.52. The number of carbonyl (C=O) groups excluding carboxylic acids is 1. The molecule has 0 unspecified atom stereocenters. The van der Waals surface area contributed by atoms with Crippen molar-refractivity contribution < 1.29 is 27.6 Å². The molecule has 0 fully saturated rings. The summed E-state index contributed by atoms with van der Waals surface area (Å²) in [5.41, 5.74) is 0. The molecule has 1 aromatic rings. The molecule has 0 saturated heterocycles. The summed E-state index contributed by atoms with van der Waals surface area (Å²) in [6.07, 6.45) is 9.93. The predicted octanol–water partition coefficient (Wildman–Crippen LogP) is 2.49. The van der Waals surface area contributed by atoms with Crippen LogP contribution in [0.5, 0.6) is 0 Å². The molecule has 8 heteroatoms. The topological polar surface area (TPSA) is 107 Å². The van der Waals surface area contributed by atoms with E-state index in [2.05, 4.69) is 6.92 Å². The Morgan fingerprint density at radius 3 is 1.70 bits per heavy atom. The average Bonchev–Trinajstić information content (AvgIpc) is 2.60. The number of hydrogen-bond donors (Lipinski definition) is 0. The first-order valence-corrected chi connectivity index (χ1v) is 10.6. The van der Waals surface area contributed by atoms with Crippen molar-refractivity contribution in [1.82, 2.24) is 0 Å². The van der Waals surface area contributed by atoms with Gasteiger partial charge in [-0.1, -0.05) is 82.9 Å². The van der Waals surface area contributed by atoms with Gasteiger partial charge in [-0.15, -0.1) is 0 Å². The molecule has 0 radical (unpaired) electrons. The van der Waals surface area contributed by atoms with Crippen LogP contribution in [0.3, 0.4) is 0 Å². The zero-order valence-electron chi connectivity index (χ0n) is 16.2. The number of unbranched alkanes of at least 4 members (excludes halogenated alkanes) is 9. The van der Waals surface area contributed by atoms with Crippen molar-refractivity contribution >= 4 is 39.3 Å². The van der Waals surface area contributed by atoms with Gasteiger partial charge in [0.25, 0.3) is 10.1 Å². The molecule has 1 rings (SSSR count). The smallest absolute Gasteiger partial charge is 0.652 e. The molecular formula is C19H30MgO6S. The normalized spacial score (nSPS) is 10.4. The van der Waals surface area contributed by atoms with E-state index in [4.69, 9.17) is 19.2 Å². The Morgan fingerprint density at radius 1 is 0.852 bits per heavy atom. The molecule has 0 spiro atoms. The van der Waals surface area contributed by atoms with Gasteiger partial charge in [-0.2, -0.15) is 8.42 Å². The number of hydrogen-bond acceptors (Lipinski definition) is 6. The van der Waals surface area contributed by atoms with Gasteiger partial charge in [0.15, 0.2) is 0 Å². The first kappa shape index (κ1) is 28.4. The van der Waals surface area contributed by atoms with Crippen LogP contribution in [0.25, 0.3) is 0 Å². The van der Waals surface area contributed by atoms with Gasteiger partial charge in [-0.25, -0.2) is 0 Å². The number of carboxylic acid groups (broad SMARTS) is 2. The largest absolute Gasteiger partial charge is 2.00 e. The molecule has 1 aromatic carbocycles. The maximum Gasteiger partial charge on any atom is 2.00 e. The molecule has 0 atom stereocenters. The van der Waals surface area contributed by atoms with E-state index in [9.17, 15) is 8.42 Å². The maximum atomic E-state index is 11.9. The Hall–Kier alpha value is -0.834. The van der Waals surface area contributed by atoms with Gasteiger partial charge in [-0.3, -0.25) is 4.18 Å². The van der Waals surface area contributed by atoms with E-state index >= 15 is 0 Å². The van der Waals surface area contributed by atoms with Crippen molar-refractivity contribution in [3.8, 4) is 0 Å². The van der Waals surface area contributed by atoms with Gasteiger partial charge in [0.1, 0.15) is 0 Å². The van der Waals surface area contributed by atoms with Crippen LogP contribution >= 0.6 is 0 Å². The SMILES string of the molecule is CCCCCCCCCCCCOS(=O)(=O)c1ccccc1.O=C([O-])[O-].[Mg+2]. The van der Waals surface area contributed by atoms with E-state index in [-0.39, 0.29) is 34.6 Å². The molecule has 27 heavy (non-hydrogen) atoms. The van der Waals surface area contributed by atoms with Crippen LogP contribution in [-0.2, 0) is 14.3 Å². The van der Waals surface area contributed by atoms with Gasteiger partial charge in [0, 0.05) is 0 Å². The minimum Gasteiger partial charge on any atom is -0.652 e. The predicted molar refractivity (Wildman–Crippen MR) is 103 cm³/mol. The summed E-state index contributed by atoms with van der Waals surface area (Å²) in [6, 6.07) is 8.33. The van der Waals surface area contributed by atoms with Crippen LogP contribution in [0.4, 0.5) is 4.79 Å². The third kappa shape index (κ3) is 18.3. The van der Waals surface area contributed by atoms with Crippen LogP contribution in [0.1, 0.15) is 71.1 Å². The van der Waals surface area contributed by atoms with Crippen LogP contribution in [0.2, 0.25) is 0 Å². The minimum atomic E-state index is -3.57. The van der Waals surface area contributed by atoms with Crippen molar-refractivity contribution in [2.24, 2.45) is 0 Å². The van der Waals surface area contributed by atoms with Gasteiger partial charge in [0.05, 0.1) is 11.5 Å². The monoisotopic (exact) mass is 410 g/mol. The molecule has 0 bridgehead atoms. The summed E-state index contributed by atoms with van der Waals surface area (Å²) in [5.74, 6) is 0. The fourth-order valence-corrected chi connectivity index (χ4v) is 3.38. The number of carbonyl (C=O) groups is 1. The van der Waals surface area contributed by atoms with Crippen molar-refractivity contribution in [3.63, 3.8) is 0 Å². The molecule has 0 amide bonds. The fraction of sp³-hybridized carbons (Fsp3) is 0.632. The van der Waals surface area contributed by atoms with Gasteiger partial charge < -0.3 is 15.0 Å². The summed E-state index contributed by atoms with van der Waals surface area (Å²) >= 11 is 0. The van der Waals surface area contributed by atoms with Crippen LogP contribution in [0.15, 0.2) is 35.2 Å². The van der Waals surface area contributed by atoms with E-state index in [0.717, 1.165) is 12.8 Å². The first-order valence-electron chi connectivity index (χ1n) is 9.22. The molecule has 0 aliphatic rings. The van der Waals surface area contributed by atoms with Gasteiger partial charge in [-0.05, 0) is 24.7 Å². The fourth-order valence-electron chi connectivity index (χ4n) is 2.41. The Kier molecular flexibility index (Phi) is 19.5. The summed E-state index contributed by atoms with van der Waals surface area (Å²) < 4.78 is 28.8. The van der Waals surface area contributed by atoms with E-state index in [1.807, 2.05) is 0 Å². The molecule has 6 nitrogen and oxygen atoms in total. The van der Waals surface area contributed by atoms with Crippen molar-refractivity contribution in [3.05, 3.63) is 30.3 Å². The second kappa shape index (κ2) is 18.5. The Labute approximate surface area is 179 Å². The zero-order chi connectivity index (χ0) is 19.7. The average molecular weight is 411 g/mol. The third-order valence-electron chi connectivity index (χ3n) is 3.77. The summed E-state index contributed by atoms with van der Waals surface area (Å²) in [4.78, 5) is 8.57. The van der Waals surface area contributed by atoms with Crippen LogP contribution < -0.4 is 10.2 Å². The second-order valence-corrected chi connectivity index (χ2v) is 7.64. The quantitative estimate of drug-likeness (QED) is 0.281. The molecule has 150 valence electrons. The first-order chi connectivity index (χ1) is 12.4. The van der Waals surface area contributed by atoms with E-state index in [1.165, 1.54) is 51.4 Å². The molecule has 0 aliphatic heterocycles. The van der Waals surface area contributed by atoms with Gasteiger partial charge >= 0.3 is 23.1 Å². The second-order valence-electron chi connectivity index (χ2n) is 6.02. The number of benzene rings is 1. The van der Waals surface area contributed by atoms with E-state index in [0.29, 0.717) is 0 Å². The van der Waals surface area contributed by atoms with E-state index < -0.39 is 16.3 Å². The van der Waals surface area contributed by atoms with Gasteiger partial charge in [0.2, 0.25) is 0 Å². The third-order valence-corrected chi connectivity index (χ3v) is 5.09. The standard InChI is InChI=1S/C18H30O3S.CH2O3.Mg/c1-2-3-4-5-6-7-8-9-10-14-17-21-22(19,20)18-15-12-11-13-16-18;2-1(3)4;/h11-13,15-16H,2-10,14,17H2,1H3;(H2,2,3,4);/q;;+2/p-2. The minimum absolute atomic E-state index is 0. The maximum absolute atomic E-state index is 11.9. The Morgan fingerprint density at radius 2 is 1.26 bits per heavy atom.